The molecule has 1 fully saturated rings. The summed E-state index contributed by atoms with van der Waals surface area (Å²) < 4.78 is 48.5. The van der Waals surface area contributed by atoms with Crippen molar-refractivity contribution in [2.45, 2.75) is 51.4 Å². The van der Waals surface area contributed by atoms with E-state index in [9.17, 15) is 18.0 Å². The minimum absolute atomic E-state index is 0.152. The fraction of sp³-hybridized carbons (Fsp3) is 0.321. The van der Waals surface area contributed by atoms with Crippen LogP contribution in [-0.2, 0) is 12.7 Å². The third-order valence-electron chi connectivity index (χ3n) is 6.94. The van der Waals surface area contributed by atoms with Crippen LogP contribution in [0.15, 0.2) is 54.0 Å². The van der Waals surface area contributed by atoms with Crippen LogP contribution in [0.2, 0.25) is 0 Å². The van der Waals surface area contributed by atoms with Gasteiger partial charge in [0.25, 0.3) is 5.56 Å². The zero-order valence-electron chi connectivity index (χ0n) is 22.4. The number of hydrogen-bond acceptors (Lipinski definition) is 8. The van der Waals surface area contributed by atoms with Gasteiger partial charge in [-0.25, -0.2) is 29.9 Å². The van der Waals surface area contributed by atoms with Gasteiger partial charge in [0.2, 0.25) is 5.88 Å². The Bertz CT molecular complexity index is 1810. The molecule has 6 rings (SSSR count). The summed E-state index contributed by atoms with van der Waals surface area (Å²) in [6.07, 6.45) is 2.68. The Kier molecular flexibility index (Phi) is 6.51. The van der Waals surface area contributed by atoms with Crippen LogP contribution in [0.25, 0.3) is 33.9 Å². The fourth-order valence-corrected chi connectivity index (χ4v) is 4.72. The minimum atomic E-state index is -4.55. The lowest BCUT2D eigenvalue weighted by Crippen LogP contribution is -2.22. The largest absolute Gasteiger partial charge is 0.480 e. The topological polar surface area (TPSA) is 114 Å². The summed E-state index contributed by atoms with van der Waals surface area (Å²) in [4.78, 5) is 38.9. The maximum Gasteiger partial charge on any atom is 0.434 e. The molecule has 4 heterocycles. The summed E-state index contributed by atoms with van der Waals surface area (Å²) in [6.45, 7) is 3.74. The van der Waals surface area contributed by atoms with Gasteiger partial charge >= 0.3 is 6.18 Å². The van der Waals surface area contributed by atoms with Crippen LogP contribution in [0.3, 0.4) is 0 Å². The number of alkyl halides is 3. The number of aromatic nitrogens is 8. The van der Waals surface area contributed by atoms with E-state index in [4.69, 9.17) is 9.72 Å². The molecule has 0 atom stereocenters. The number of rotatable bonds is 7. The van der Waals surface area contributed by atoms with Crippen molar-refractivity contribution in [3.8, 4) is 28.7 Å². The Hall–Kier alpha value is -4.68. The lowest BCUT2D eigenvalue weighted by Gasteiger charge is -2.13. The Balaban J connectivity index is 1.38. The van der Waals surface area contributed by atoms with Crippen molar-refractivity contribution in [3.63, 3.8) is 0 Å². The van der Waals surface area contributed by atoms with E-state index in [2.05, 4.69) is 24.9 Å². The summed E-state index contributed by atoms with van der Waals surface area (Å²) in [5, 5.41) is 0. The lowest BCUT2D eigenvalue weighted by molar-refractivity contribution is -0.140. The van der Waals surface area contributed by atoms with Gasteiger partial charge in [0.05, 0.1) is 31.7 Å². The summed E-state index contributed by atoms with van der Waals surface area (Å²) >= 11 is 0. The molecule has 0 amide bonds. The molecule has 1 aliphatic rings. The highest BCUT2D eigenvalue weighted by atomic mass is 19.4. The molecule has 41 heavy (non-hydrogen) atoms. The number of imidazole rings is 1. The van der Waals surface area contributed by atoms with Crippen LogP contribution in [-0.4, -0.2) is 46.1 Å². The molecular weight excluding hydrogens is 537 g/mol. The second-order valence-electron chi connectivity index (χ2n) is 10.1. The molecule has 13 heteroatoms. The Morgan fingerprint density at radius 3 is 2.44 bits per heavy atom. The zero-order chi connectivity index (χ0) is 28.9. The van der Waals surface area contributed by atoms with Crippen molar-refractivity contribution in [3.05, 3.63) is 76.5 Å². The van der Waals surface area contributed by atoms with Crippen LogP contribution in [0.4, 0.5) is 13.2 Å². The SMILES string of the molecule is COc1ncnc(C2CC2)c1-c1ncc2ncc(=O)n(Cc3ccc(-c4nc(C(F)(F)F)cn4C(C)C)cc3)c2n1. The molecule has 0 N–H and O–H groups in total. The van der Waals surface area contributed by atoms with Crippen LogP contribution < -0.4 is 10.3 Å². The smallest absolute Gasteiger partial charge is 0.434 e. The second kappa shape index (κ2) is 10.1. The molecule has 10 nitrogen and oxygen atoms in total. The van der Waals surface area contributed by atoms with Gasteiger partial charge in [0.1, 0.15) is 23.2 Å². The van der Waals surface area contributed by atoms with Crippen molar-refractivity contribution < 1.29 is 17.9 Å². The van der Waals surface area contributed by atoms with Gasteiger partial charge in [-0.2, -0.15) is 13.2 Å². The van der Waals surface area contributed by atoms with E-state index in [1.165, 1.54) is 28.8 Å². The summed E-state index contributed by atoms with van der Waals surface area (Å²) in [5.41, 5.74) is 2.09. The van der Waals surface area contributed by atoms with Gasteiger partial charge < -0.3 is 9.30 Å². The van der Waals surface area contributed by atoms with E-state index < -0.39 is 11.9 Å². The lowest BCUT2D eigenvalue weighted by atomic mass is 10.1. The summed E-state index contributed by atoms with van der Waals surface area (Å²) in [7, 11) is 1.52. The first-order valence-corrected chi connectivity index (χ1v) is 13.0. The van der Waals surface area contributed by atoms with E-state index in [1.807, 2.05) is 0 Å². The van der Waals surface area contributed by atoms with Gasteiger partial charge in [-0.05, 0) is 32.3 Å². The molecule has 0 spiro atoms. The highest BCUT2D eigenvalue weighted by Gasteiger charge is 2.35. The number of ether oxygens (including phenoxy) is 1. The molecule has 1 aromatic carbocycles. The van der Waals surface area contributed by atoms with Crippen molar-refractivity contribution in [2.24, 2.45) is 0 Å². The molecule has 0 unspecified atom stereocenters. The van der Waals surface area contributed by atoms with Crippen molar-refractivity contribution in [2.75, 3.05) is 7.11 Å². The molecule has 1 saturated carbocycles. The highest BCUT2D eigenvalue weighted by molar-refractivity contribution is 5.74. The van der Waals surface area contributed by atoms with E-state index >= 15 is 0 Å². The van der Waals surface area contributed by atoms with E-state index in [1.54, 1.807) is 44.3 Å². The van der Waals surface area contributed by atoms with Gasteiger partial charge in [0.15, 0.2) is 17.2 Å². The van der Waals surface area contributed by atoms with Gasteiger partial charge in [0, 0.05) is 23.7 Å². The molecule has 0 aliphatic heterocycles. The van der Waals surface area contributed by atoms with E-state index in [0.29, 0.717) is 34.0 Å². The number of hydrogen-bond donors (Lipinski definition) is 0. The third-order valence-corrected chi connectivity index (χ3v) is 6.94. The number of nitrogens with zero attached hydrogens (tertiary/aromatic N) is 8. The minimum Gasteiger partial charge on any atom is -0.480 e. The predicted octanol–water partition coefficient (Wildman–Crippen LogP) is 5.04. The number of benzene rings is 1. The highest BCUT2D eigenvalue weighted by Crippen LogP contribution is 2.44. The van der Waals surface area contributed by atoms with Crippen molar-refractivity contribution in [1.29, 1.82) is 0 Å². The third kappa shape index (κ3) is 5.03. The Morgan fingerprint density at radius 2 is 1.78 bits per heavy atom. The first-order chi connectivity index (χ1) is 19.6. The molecule has 4 aromatic heterocycles. The molecule has 0 saturated heterocycles. The molecule has 5 aromatic rings. The monoisotopic (exact) mass is 562 g/mol. The number of fused-ring (bicyclic) bond motifs is 1. The van der Waals surface area contributed by atoms with Crippen molar-refractivity contribution >= 4 is 11.2 Å². The maximum atomic E-state index is 13.3. The van der Waals surface area contributed by atoms with Crippen LogP contribution in [0, 0.1) is 0 Å². The van der Waals surface area contributed by atoms with Gasteiger partial charge in [-0.1, -0.05) is 24.3 Å². The normalized spacial score (nSPS) is 13.7. The fourth-order valence-electron chi connectivity index (χ4n) is 4.72. The number of methoxy groups -OCH3 is 1. The standard InChI is InChI=1S/C28H25F3N8O2/c1-15(2)38-13-20(28(29,30)31)36-25(38)18-6-4-16(5-7-18)12-39-21(40)11-32-19-10-33-24(37-26(19)39)22-23(17-8-9-17)34-14-35-27(22)41-3/h4-7,10-11,13-15,17H,8-9,12H2,1-3H3. The molecule has 1 aliphatic carbocycles. The first-order valence-electron chi connectivity index (χ1n) is 13.0. The zero-order valence-corrected chi connectivity index (χ0v) is 22.4. The maximum absolute atomic E-state index is 13.3. The Morgan fingerprint density at radius 1 is 1.02 bits per heavy atom. The van der Waals surface area contributed by atoms with E-state index in [0.717, 1.165) is 30.3 Å². The Labute approximate surface area is 232 Å². The molecular formula is C28H25F3N8O2. The predicted molar refractivity (Wildman–Crippen MR) is 143 cm³/mol. The first kappa shape index (κ1) is 26.5. The van der Waals surface area contributed by atoms with Gasteiger partial charge in [-0.3, -0.25) is 9.36 Å². The number of halogens is 3. The summed E-state index contributed by atoms with van der Waals surface area (Å²) in [6, 6.07) is 6.67. The molecule has 210 valence electrons. The molecule has 0 radical (unpaired) electrons. The molecule has 0 bridgehead atoms. The van der Waals surface area contributed by atoms with Crippen LogP contribution in [0.5, 0.6) is 5.88 Å². The van der Waals surface area contributed by atoms with Crippen LogP contribution in [0.1, 0.15) is 55.6 Å². The quantitative estimate of drug-likeness (QED) is 0.271. The van der Waals surface area contributed by atoms with Crippen LogP contribution >= 0.6 is 0 Å². The van der Waals surface area contributed by atoms with E-state index in [-0.39, 0.29) is 29.9 Å². The average molecular weight is 563 g/mol. The van der Waals surface area contributed by atoms with Crippen molar-refractivity contribution in [1.82, 2.24) is 39.0 Å². The second-order valence-corrected chi connectivity index (χ2v) is 10.1. The van der Waals surface area contributed by atoms with Gasteiger partial charge in [-0.15, -0.1) is 0 Å². The average Bonchev–Trinajstić information content (AvgIpc) is 3.70. The summed E-state index contributed by atoms with van der Waals surface area (Å²) in [5.74, 6) is 1.17.